The first-order valence-corrected chi connectivity index (χ1v) is 11.8. The third-order valence-electron chi connectivity index (χ3n) is 4.71. The van der Waals surface area contributed by atoms with Crippen molar-refractivity contribution in [1.82, 2.24) is 4.90 Å². The molecule has 0 N–H and O–H groups in total. The summed E-state index contributed by atoms with van der Waals surface area (Å²) in [6, 6.07) is 11.4. The summed E-state index contributed by atoms with van der Waals surface area (Å²) in [6.07, 6.45) is 1.25. The first-order chi connectivity index (χ1) is 15.7. The van der Waals surface area contributed by atoms with Gasteiger partial charge in [-0.15, -0.1) is 0 Å². The number of imide groups is 1. The number of halogens is 1. The van der Waals surface area contributed by atoms with E-state index in [0.717, 1.165) is 27.8 Å². The molecule has 0 aliphatic carbocycles. The van der Waals surface area contributed by atoms with Crippen LogP contribution in [0.2, 0.25) is 0 Å². The predicted octanol–water partition coefficient (Wildman–Crippen LogP) is 5.33. The minimum absolute atomic E-state index is 0.208. The van der Waals surface area contributed by atoms with Crippen molar-refractivity contribution in [2.75, 3.05) is 13.7 Å². The molecule has 1 aliphatic heterocycles. The van der Waals surface area contributed by atoms with Crippen molar-refractivity contribution in [2.24, 2.45) is 0 Å². The molecule has 0 unspecified atom stereocenters. The SMILES string of the molecule is COc1cc(/C=C2\SC(=O)N(CC(=O)OC(C)C)C2=O)cc(Br)c1OCc1ccccc1C. The van der Waals surface area contributed by atoms with Crippen molar-refractivity contribution >= 4 is 50.9 Å². The van der Waals surface area contributed by atoms with Crippen molar-refractivity contribution in [1.29, 1.82) is 0 Å². The van der Waals surface area contributed by atoms with Gasteiger partial charge in [-0.3, -0.25) is 19.3 Å². The van der Waals surface area contributed by atoms with Crippen molar-refractivity contribution in [3.8, 4) is 11.5 Å². The van der Waals surface area contributed by atoms with Crippen LogP contribution >= 0.6 is 27.7 Å². The van der Waals surface area contributed by atoms with E-state index in [1.165, 1.54) is 7.11 Å². The molecule has 7 nitrogen and oxygen atoms in total. The molecule has 3 rings (SSSR count). The number of benzene rings is 2. The zero-order valence-corrected chi connectivity index (χ0v) is 21.1. The van der Waals surface area contributed by atoms with Gasteiger partial charge in [0.2, 0.25) is 0 Å². The molecule has 0 spiro atoms. The predicted molar refractivity (Wildman–Crippen MR) is 130 cm³/mol. The highest BCUT2D eigenvalue weighted by molar-refractivity contribution is 9.10. The highest BCUT2D eigenvalue weighted by atomic mass is 79.9. The molecular weight excluding hydrogens is 510 g/mol. The summed E-state index contributed by atoms with van der Waals surface area (Å²) in [5.74, 6) is -0.166. The number of methoxy groups -OCH3 is 1. The third-order valence-corrected chi connectivity index (χ3v) is 6.21. The lowest BCUT2D eigenvalue weighted by Crippen LogP contribution is -2.35. The van der Waals surface area contributed by atoms with Gasteiger partial charge in [0.25, 0.3) is 11.1 Å². The van der Waals surface area contributed by atoms with Gasteiger partial charge in [-0.25, -0.2) is 0 Å². The van der Waals surface area contributed by atoms with Crippen LogP contribution in [0.15, 0.2) is 45.8 Å². The molecule has 1 heterocycles. The van der Waals surface area contributed by atoms with Crippen LogP contribution in [0.5, 0.6) is 11.5 Å². The number of rotatable bonds is 8. The van der Waals surface area contributed by atoms with Crippen LogP contribution in [0.1, 0.15) is 30.5 Å². The van der Waals surface area contributed by atoms with Crippen LogP contribution < -0.4 is 9.47 Å². The topological polar surface area (TPSA) is 82.1 Å². The minimum atomic E-state index is -0.631. The molecule has 2 amide bonds. The molecule has 2 aromatic rings. The second kappa shape index (κ2) is 10.9. The summed E-state index contributed by atoms with van der Waals surface area (Å²) in [6.45, 7) is 5.37. The summed E-state index contributed by atoms with van der Waals surface area (Å²) in [4.78, 5) is 37.9. The van der Waals surface area contributed by atoms with Gasteiger partial charge in [0.1, 0.15) is 13.2 Å². The number of aryl methyl sites for hydroxylation is 1. The van der Waals surface area contributed by atoms with E-state index in [1.54, 1.807) is 32.1 Å². The zero-order chi connectivity index (χ0) is 24.1. The van der Waals surface area contributed by atoms with E-state index in [4.69, 9.17) is 14.2 Å². The van der Waals surface area contributed by atoms with Crippen molar-refractivity contribution in [2.45, 2.75) is 33.5 Å². The smallest absolute Gasteiger partial charge is 0.326 e. The quantitative estimate of drug-likeness (QED) is 0.334. The van der Waals surface area contributed by atoms with E-state index in [2.05, 4.69) is 15.9 Å². The number of ether oxygens (including phenoxy) is 3. The van der Waals surface area contributed by atoms with E-state index in [1.807, 2.05) is 31.2 Å². The van der Waals surface area contributed by atoms with E-state index < -0.39 is 23.7 Å². The van der Waals surface area contributed by atoms with Crippen molar-refractivity contribution in [3.05, 3.63) is 62.5 Å². The van der Waals surface area contributed by atoms with Crippen LogP contribution in [0.3, 0.4) is 0 Å². The standard InChI is InChI=1S/C24H24BrNO6S/c1-14(2)32-21(27)12-26-23(28)20(33-24(26)29)11-16-9-18(25)22(19(10-16)30-4)31-13-17-8-6-5-7-15(17)3/h5-11,14H,12-13H2,1-4H3/b20-11-. The number of carbonyl (C=O) groups is 3. The Kier molecular flexibility index (Phi) is 8.20. The summed E-state index contributed by atoms with van der Waals surface area (Å²) < 4.78 is 17.2. The van der Waals surface area contributed by atoms with Crippen LogP contribution in [-0.4, -0.2) is 41.8 Å². The Morgan fingerprint density at radius 3 is 2.61 bits per heavy atom. The average Bonchev–Trinajstić information content (AvgIpc) is 3.00. The average molecular weight is 534 g/mol. The second-order valence-electron chi connectivity index (χ2n) is 7.56. The van der Waals surface area contributed by atoms with Gasteiger partial charge in [-0.05, 0) is 83.4 Å². The third kappa shape index (κ3) is 6.17. The summed E-state index contributed by atoms with van der Waals surface area (Å²) in [5, 5.41) is -0.517. The first-order valence-electron chi connectivity index (χ1n) is 10.2. The fourth-order valence-electron chi connectivity index (χ4n) is 3.10. The molecule has 9 heteroatoms. The molecule has 2 aromatic carbocycles. The Labute approximate surface area is 205 Å². The Balaban J connectivity index is 1.79. The lowest BCUT2D eigenvalue weighted by atomic mass is 10.1. The Bertz CT molecular complexity index is 1110. The summed E-state index contributed by atoms with van der Waals surface area (Å²) in [7, 11) is 1.53. The van der Waals surface area contributed by atoms with Gasteiger partial charge < -0.3 is 14.2 Å². The fourth-order valence-corrected chi connectivity index (χ4v) is 4.51. The number of esters is 1. The van der Waals surface area contributed by atoms with Gasteiger partial charge in [-0.1, -0.05) is 24.3 Å². The summed E-state index contributed by atoms with van der Waals surface area (Å²) in [5.41, 5.74) is 2.81. The van der Waals surface area contributed by atoms with Gasteiger partial charge in [0.05, 0.1) is 22.6 Å². The maximum atomic E-state index is 12.7. The molecule has 174 valence electrons. The van der Waals surface area contributed by atoms with Gasteiger partial charge in [0.15, 0.2) is 11.5 Å². The maximum Gasteiger partial charge on any atom is 0.326 e. The lowest BCUT2D eigenvalue weighted by molar-refractivity contribution is -0.149. The lowest BCUT2D eigenvalue weighted by Gasteiger charge is -2.15. The molecule has 0 aromatic heterocycles. The number of amides is 2. The fraction of sp³-hybridized carbons (Fsp3) is 0.292. The van der Waals surface area contributed by atoms with Crippen LogP contribution in [0.25, 0.3) is 6.08 Å². The molecule has 0 radical (unpaired) electrons. The normalized spacial score (nSPS) is 14.8. The van der Waals surface area contributed by atoms with E-state index in [0.29, 0.717) is 28.1 Å². The number of hydrogen-bond donors (Lipinski definition) is 0. The van der Waals surface area contributed by atoms with Crippen molar-refractivity contribution in [3.63, 3.8) is 0 Å². The molecule has 33 heavy (non-hydrogen) atoms. The van der Waals surface area contributed by atoms with Gasteiger partial charge in [-0.2, -0.15) is 0 Å². The molecule has 0 saturated carbocycles. The van der Waals surface area contributed by atoms with Crippen LogP contribution in [0.4, 0.5) is 4.79 Å². The molecule has 0 bridgehead atoms. The zero-order valence-electron chi connectivity index (χ0n) is 18.7. The van der Waals surface area contributed by atoms with Crippen LogP contribution in [0, 0.1) is 6.92 Å². The van der Waals surface area contributed by atoms with Crippen LogP contribution in [-0.2, 0) is 20.9 Å². The molecular formula is C24H24BrNO6S. The first kappa shape index (κ1) is 24.9. The maximum absolute atomic E-state index is 12.7. The number of nitrogens with zero attached hydrogens (tertiary/aromatic N) is 1. The van der Waals surface area contributed by atoms with Gasteiger partial charge in [0, 0.05) is 0 Å². The van der Waals surface area contributed by atoms with Gasteiger partial charge >= 0.3 is 5.97 Å². The molecule has 1 saturated heterocycles. The van der Waals surface area contributed by atoms with E-state index >= 15 is 0 Å². The Morgan fingerprint density at radius 2 is 1.94 bits per heavy atom. The largest absolute Gasteiger partial charge is 0.493 e. The Hall–Kier alpha value is -2.78. The number of thioether (sulfide) groups is 1. The minimum Gasteiger partial charge on any atom is -0.493 e. The summed E-state index contributed by atoms with van der Waals surface area (Å²) >= 11 is 4.28. The highest BCUT2D eigenvalue weighted by Crippen LogP contribution is 2.39. The highest BCUT2D eigenvalue weighted by Gasteiger charge is 2.36. The monoisotopic (exact) mass is 533 g/mol. The molecule has 0 atom stereocenters. The molecule has 1 aliphatic rings. The Morgan fingerprint density at radius 1 is 1.21 bits per heavy atom. The second-order valence-corrected chi connectivity index (χ2v) is 9.40. The van der Waals surface area contributed by atoms with E-state index in [9.17, 15) is 14.4 Å². The van der Waals surface area contributed by atoms with Crippen molar-refractivity contribution < 1.29 is 28.6 Å². The molecule has 1 fully saturated rings. The number of carbonyl (C=O) groups excluding carboxylic acids is 3. The van der Waals surface area contributed by atoms with E-state index in [-0.39, 0.29) is 11.0 Å². The number of hydrogen-bond acceptors (Lipinski definition) is 7.